The lowest BCUT2D eigenvalue weighted by Crippen LogP contribution is -2.48. The van der Waals surface area contributed by atoms with Crippen LogP contribution in [-0.4, -0.2) is 36.2 Å². The van der Waals surface area contributed by atoms with Gasteiger partial charge in [-0.1, -0.05) is 20.8 Å². The lowest BCUT2D eigenvalue weighted by molar-refractivity contribution is -0.142. The number of hydrogen-bond donors (Lipinski definition) is 2. The monoisotopic (exact) mass is 379 g/mol. The number of nitrogens with one attached hydrogen (secondary N) is 1. The molecule has 0 saturated carbocycles. The van der Waals surface area contributed by atoms with Gasteiger partial charge >= 0.3 is 5.97 Å². The molecular weight excluding hydrogens is 350 g/mol. The third-order valence-electron chi connectivity index (χ3n) is 5.75. The Morgan fingerprint density at radius 1 is 1.35 bits per heavy atom. The second-order valence-corrected chi connectivity index (χ2v) is 9.77. The maximum Gasteiger partial charge on any atom is 0.326 e. The van der Waals surface area contributed by atoms with Crippen LogP contribution in [0.5, 0.6) is 0 Å². The molecule has 0 bridgehead atoms. The third kappa shape index (κ3) is 4.29. The number of carbonyl (C=O) groups is 2. The van der Waals surface area contributed by atoms with Crippen molar-refractivity contribution in [2.75, 3.05) is 13.2 Å². The number of ether oxygens (including phenoxy) is 1. The fourth-order valence-corrected chi connectivity index (χ4v) is 5.11. The number of aryl methyl sites for hydroxylation is 1. The Balaban J connectivity index is 1.70. The zero-order valence-electron chi connectivity index (χ0n) is 15.8. The van der Waals surface area contributed by atoms with Crippen molar-refractivity contribution in [2.24, 2.45) is 17.3 Å². The van der Waals surface area contributed by atoms with Gasteiger partial charge in [-0.05, 0) is 55.1 Å². The number of hydrogen-bond acceptors (Lipinski definition) is 4. The minimum absolute atomic E-state index is 0.162. The van der Waals surface area contributed by atoms with E-state index in [1.807, 2.05) is 6.07 Å². The molecule has 1 aliphatic carbocycles. The molecule has 2 aliphatic rings. The molecule has 2 N–H and O–H groups in total. The van der Waals surface area contributed by atoms with Crippen LogP contribution in [0.4, 0.5) is 0 Å². The van der Waals surface area contributed by atoms with Gasteiger partial charge in [0.2, 0.25) is 0 Å². The summed E-state index contributed by atoms with van der Waals surface area (Å²) < 4.78 is 5.40. The number of carboxylic acid groups (broad SMARTS) is 1. The van der Waals surface area contributed by atoms with Gasteiger partial charge in [0.05, 0.1) is 11.5 Å². The van der Waals surface area contributed by atoms with E-state index < -0.39 is 12.0 Å². The minimum Gasteiger partial charge on any atom is -0.480 e. The van der Waals surface area contributed by atoms with E-state index in [9.17, 15) is 14.7 Å². The van der Waals surface area contributed by atoms with E-state index in [1.165, 1.54) is 21.8 Å². The summed E-state index contributed by atoms with van der Waals surface area (Å²) in [6.07, 6.45) is 4.77. The van der Waals surface area contributed by atoms with E-state index in [2.05, 4.69) is 26.1 Å². The molecule has 3 atom stereocenters. The zero-order chi connectivity index (χ0) is 18.9. The molecule has 0 radical (unpaired) electrons. The van der Waals surface area contributed by atoms with Gasteiger partial charge in [-0.3, -0.25) is 4.79 Å². The molecule has 1 fully saturated rings. The van der Waals surface area contributed by atoms with E-state index in [-0.39, 0.29) is 17.2 Å². The molecule has 26 heavy (non-hydrogen) atoms. The average Bonchev–Trinajstić information content (AvgIpc) is 3.02. The van der Waals surface area contributed by atoms with E-state index >= 15 is 0 Å². The van der Waals surface area contributed by atoms with Gasteiger partial charge in [0.1, 0.15) is 6.04 Å². The first-order valence-corrected chi connectivity index (χ1v) is 10.3. The molecule has 3 rings (SSSR count). The summed E-state index contributed by atoms with van der Waals surface area (Å²) in [6.45, 7) is 7.87. The largest absolute Gasteiger partial charge is 0.480 e. The van der Waals surface area contributed by atoms with Crippen molar-refractivity contribution < 1.29 is 19.4 Å². The molecule has 3 unspecified atom stereocenters. The molecule has 1 amide bonds. The molecule has 0 spiro atoms. The number of carboxylic acids is 1. The number of fused-ring (bicyclic) bond motifs is 1. The van der Waals surface area contributed by atoms with Crippen LogP contribution in [0.15, 0.2) is 6.07 Å². The molecule has 0 aromatic carbocycles. The van der Waals surface area contributed by atoms with Crippen LogP contribution in [-0.2, 0) is 22.4 Å². The highest BCUT2D eigenvalue weighted by atomic mass is 32.1. The molecule has 2 heterocycles. The topological polar surface area (TPSA) is 75.6 Å². The molecule has 1 saturated heterocycles. The van der Waals surface area contributed by atoms with Crippen molar-refractivity contribution in [3.05, 3.63) is 21.4 Å². The lowest BCUT2D eigenvalue weighted by Gasteiger charge is -2.33. The Bertz CT molecular complexity index is 670. The molecule has 1 aromatic heterocycles. The quantitative estimate of drug-likeness (QED) is 0.839. The Morgan fingerprint density at radius 2 is 2.12 bits per heavy atom. The normalized spacial score (nSPS) is 24.6. The number of thiophene rings is 1. The maximum absolute atomic E-state index is 12.7. The first-order chi connectivity index (χ1) is 12.3. The Kier molecular flexibility index (Phi) is 5.72. The highest BCUT2D eigenvalue weighted by Crippen LogP contribution is 2.40. The van der Waals surface area contributed by atoms with Gasteiger partial charge in [0.15, 0.2) is 0 Å². The van der Waals surface area contributed by atoms with Crippen LogP contribution in [0.3, 0.4) is 0 Å². The van der Waals surface area contributed by atoms with Crippen molar-refractivity contribution in [3.8, 4) is 0 Å². The summed E-state index contributed by atoms with van der Waals surface area (Å²) in [7, 11) is 0. The highest BCUT2D eigenvalue weighted by Gasteiger charge is 2.33. The van der Waals surface area contributed by atoms with Crippen LogP contribution in [0.2, 0.25) is 0 Å². The summed E-state index contributed by atoms with van der Waals surface area (Å²) in [6, 6.07) is 1.09. The van der Waals surface area contributed by atoms with Crippen LogP contribution in [0.25, 0.3) is 0 Å². The zero-order valence-corrected chi connectivity index (χ0v) is 16.7. The molecule has 1 aliphatic heterocycles. The van der Waals surface area contributed by atoms with E-state index in [1.54, 1.807) is 0 Å². The first-order valence-electron chi connectivity index (χ1n) is 9.48. The maximum atomic E-state index is 12.7. The van der Waals surface area contributed by atoms with Gasteiger partial charge in [0, 0.05) is 17.4 Å². The Labute approximate surface area is 159 Å². The van der Waals surface area contributed by atoms with Crippen molar-refractivity contribution in [1.29, 1.82) is 0 Å². The lowest BCUT2D eigenvalue weighted by atomic mass is 9.72. The molecular formula is C20H29NO4S. The summed E-state index contributed by atoms with van der Waals surface area (Å²) in [5, 5.41) is 12.3. The Morgan fingerprint density at radius 3 is 2.73 bits per heavy atom. The van der Waals surface area contributed by atoms with Gasteiger partial charge in [-0.25, -0.2) is 4.79 Å². The smallest absolute Gasteiger partial charge is 0.326 e. The minimum atomic E-state index is -0.983. The Hall–Kier alpha value is -1.40. The molecule has 144 valence electrons. The van der Waals surface area contributed by atoms with Crippen LogP contribution in [0.1, 0.15) is 60.1 Å². The molecule has 6 heteroatoms. The average molecular weight is 380 g/mol. The van der Waals surface area contributed by atoms with Crippen molar-refractivity contribution in [3.63, 3.8) is 0 Å². The highest BCUT2D eigenvalue weighted by molar-refractivity contribution is 7.14. The predicted octanol–water partition coefficient (Wildman–Crippen LogP) is 3.51. The van der Waals surface area contributed by atoms with Crippen LogP contribution >= 0.6 is 11.3 Å². The molecule has 5 nitrogen and oxygen atoms in total. The predicted molar refractivity (Wildman–Crippen MR) is 102 cm³/mol. The summed E-state index contributed by atoms with van der Waals surface area (Å²) in [5.74, 6) is -0.797. The number of aliphatic carboxylic acids is 1. The van der Waals surface area contributed by atoms with Crippen LogP contribution < -0.4 is 5.32 Å². The van der Waals surface area contributed by atoms with Crippen LogP contribution in [0, 0.1) is 17.3 Å². The summed E-state index contributed by atoms with van der Waals surface area (Å²) in [4.78, 5) is 26.3. The fraction of sp³-hybridized carbons (Fsp3) is 0.700. The standard InChI is InChI=1S/C20H29NO4S/c1-20(2,3)14-6-7-15-13(9-14)10-16(26-15)18(22)21-17(19(23)24)12-5-4-8-25-11-12/h10,12,14,17H,4-9,11H2,1-3H3,(H,21,22)(H,23,24). The summed E-state index contributed by atoms with van der Waals surface area (Å²) in [5.41, 5.74) is 1.52. The van der Waals surface area contributed by atoms with Crippen molar-refractivity contribution >= 4 is 23.2 Å². The number of rotatable bonds is 4. The second-order valence-electron chi connectivity index (χ2n) is 8.63. The van der Waals surface area contributed by atoms with Crippen molar-refractivity contribution in [1.82, 2.24) is 5.32 Å². The van der Waals surface area contributed by atoms with Gasteiger partial charge in [-0.15, -0.1) is 11.3 Å². The molecule has 1 aromatic rings. The van der Waals surface area contributed by atoms with Gasteiger partial charge in [0.25, 0.3) is 5.91 Å². The van der Waals surface area contributed by atoms with Gasteiger partial charge < -0.3 is 15.2 Å². The van der Waals surface area contributed by atoms with Gasteiger partial charge in [-0.2, -0.15) is 0 Å². The van der Waals surface area contributed by atoms with E-state index in [0.717, 1.165) is 32.1 Å². The third-order valence-corrected chi connectivity index (χ3v) is 6.99. The first kappa shape index (κ1) is 19.4. The second kappa shape index (κ2) is 7.69. The number of amides is 1. The van der Waals surface area contributed by atoms with Crippen molar-refractivity contribution in [2.45, 2.75) is 58.9 Å². The van der Waals surface area contributed by atoms with E-state index in [0.29, 0.717) is 24.0 Å². The fourth-order valence-electron chi connectivity index (χ4n) is 4.00. The van der Waals surface area contributed by atoms with E-state index in [4.69, 9.17) is 4.74 Å². The SMILES string of the molecule is CC(C)(C)C1CCc2sc(C(=O)NC(C(=O)O)C3CCCOC3)cc2C1. The number of carbonyl (C=O) groups excluding carboxylic acids is 1. The summed E-state index contributed by atoms with van der Waals surface area (Å²) >= 11 is 1.52.